The summed E-state index contributed by atoms with van der Waals surface area (Å²) in [4.78, 5) is 2.42. The second kappa shape index (κ2) is 12.3. The lowest BCUT2D eigenvalue weighted by Gasteiger charge is -2.29. The molecule has 8 aromatic carbocycles. The van der Waals surface area contributed by atoms with Gasteiger partial charge in [0.15, 0.2) is 0 Å². The molecule has 1 aromatic heterocycles. The first kappa shape index (κ1) is 31.1. The molecule has 2 heteroatoms. The summed E-state index contributed by atoms with van der Waals surface area (Å²) in [6.45, 7) is 4.76. The predicted molar refractivity (Wildman–Crippen MR) is 224 cm³/mol. The monoisotopic (exact) mass is 678 g/mol. The third kappa shape index (κ3) is 5.10. The summed E-state index contributed by atoms with van der Waals surface area (Å²) in [5.41, 5.74) is 16.9. The second-order valence-corrected chi connectivity index (χ2v) is 14.6. The van der Waals surface area contributed by atoms with Gasteiger partial charge in [-0.2, -0.15) is 0 Å². The highest BCUT2D eigenvalue weighted by atomic mass is 15.1. The Balaban J connectivity index is 1.12. The Bertz CT molecular complexity index is 2670. The highest BCUT2D eigenvalue weighted by Gasteiger charge is 2.36. The number of hydrogen-bond acceptors (Lipinski definition) is 1. The minimum Gasteiger partial charge on any atom is -0.310 e. The van der Waals surface area contributed by atoms with Gasteiger partial charge in [-0.1, -0.05) is 147 Å². The van der Waals surface area contributed by atoms with Crippen LogP contribution >= 0.6 is 0 Å². The largest absolute Gasteiger partial charge is 0.310 e. The Hall–Kier alpha value is -6.64. The second-order valence-electron chi connectivity index (χ2n) is 14.6. The van der Waals surface area contributed by atoms with Gasteiger partial charge in [0.2, 0.25) is 0 Å². The Labute approximate surface area is 310 Å². The smallest absolute Gasteiger partial charge is 0.0541 e. The van der Waals surface area contributed by atoms with Gasteiger partial charge in [0.1, 0.15) is 0 Å². The summed E-state index contributed by atoms with van der Waals surface area (Å²) in [6, 6.07) is 70.8. The van der Waals surface area contributed by atoms with Crippen molar-refractivity contribution in [2.45, 2.75) is 19.3 Å². The SMILES string of the molecule is CC1(C)c2cc(N(c3cccc(-c4ccccc4)c3)c3cccc(-c4ccccc4)c3)ccc2-c2ccc(-n3c4ccccc4c4ccccc43)cc21. The topological polar surface area (TPSA) is 8.17 Å². The van der Waals surface area contributed by atoms with Crippen LogP contribution in [-0.4, -0.2) is 4.57 Å². The number of para-hydroxylation sites is 2. The van der Waals surface area contributed by atoms with Crippen LogP contribution in [0, 0.1) is 0 Å². The van der Waals surface area contributed by atoms with Crippen molar-refractivity contribution in [1.29, 1.82) is 0 Å². The molecule has 0 saturated heterocycles. The van der Waals surface area contributed by atoms with Crippen molar-refractivity contribution in [2.75, 3.05) is 4.90 Å². The lowest BCUT2D eigenvalue weighted by atomic mass is 9.82. The molecule has 0 fully saturated rings. The fourth-order valence-electron chi connectivity index (χ4n) is 8.55. The molecule has 53 heavy (non-hydrogen) atoms. The third-order valence-corrected chi connectivity index (χ3v) is 11.2. The molecule has 1 heterocycles. The molecule has 0 N–H and O–H groups in total. The van der Waals surface area contributed by atoms with Gasteiger partial charge in [-0.3, -0.25) is 0 Å². The zero-order valence-corrected chi connectivity index (χ0v) is 29.9. The Morgan fingerprint density at radius 2 is 0.830 bits per heavy atom. The average molecular weight is 679 g/mol. The average Bonchev–Trinajstić information content (AvgIpc) is 3.67. The van der Waals surface area contributed by atoms with Crippen molar-refractivity contribution in [2.24, 2.45) is 0 Å². The molecule has 2 nitrogen and oxygen atoms in total. The fourth-order valence-corrected chi connectivity index (χ4v) is 8.55. The quantitative estimate of drug-likeness (QED) is 0.170. The highest BCUT2D eigenvalue weighted by molar-refractivity contribution is 6.09. The van der Waals surface area contributed by atoms with Crippen molar-refractivity contribution in [1.82, 2.24) is 4.57 Å². The van der Waals surface area contributed by atoms with E-state index in [1.165, 1.54) is 72.0 Å². The lowest BCUT2D eigenvalue weighted by Crippen LogP contribution is -2.17. The van der Waals surface area contributed by atoms with Crippen molar-refractivity contribution in [3.05, 3.63) is 205 Å². The zero-order valence-electron chi connectivity index (χ0n) is 29.9. The maximum atomic E-state index is 2.43. The minimum absolute atomic E-state index is 0.209. The van der Waals surface area contributed by atoms with Crippen molar-refractivity contribution < 1.29 is 0 Å². The third-order valence-electron chi connectivity index (χ3n) is 11.2. The number of nitrogens with zero attached hydrogens (tertiary/aromatic N) is 2. The normalized spacial score (nSPS) is 12.9. The maximum Gasteiger partial charge on any atom is 0.0541 e. The fraction of sp³-hybridized carbons (Fsp3) is 0.0588. The van der Waals surface area contributed by atoms with Crippen LogP contribution in [0.4, 0.5) is 17.1 Å². The van der Waals surface area contributed by atoms with Gasteiger partial charge < -0.3 is 9.47 Å². The van der Waals surface area contributed by atoms with Crippen LogP contribution in [0.3, 0.4) is 0 Å². The van der Waals surface area contributed by atoms with Gasteiger partial charge in [0.05, 0.1) is 11.0 Å². The number of rotatable bonds is 6. The molecule has 0 bridgehead atoms. The molecule has 0 spiro atoms. The zero-order chi connectivity index (χ0) is 35.5. The lowest BCUT2D eigenvalue weighted by molar-refractivity contribution is 0.660. The summed E-state index contributed by atoms with van der Waals surface area (Å²) in [6.07, 6.45) is 0. The molecule has 0 unspecified atom stereocenters. The van der Waals surface area contributed by atoms with Crippen LogP contribution in [0.25, 0.3) is 60.9 Å². The van der Waals surface area contributed by atoms with E-state index in [1.54, 1.807) is 0 Å². The molecule has 1 aliphatic rings. The van der Waals surface area contributed by atoms with Gasteiger partial charge >= 0.3 is 0 Å². The van der Waals surface area contributed by atoms with E-state index in [4.69, 9.17) is 0 Å². The Morgan fingerprint density at radius 3 is 1.40 bits per heavy atom. The van der Waals surface area contributed by atoms with Crippen LogP contribution < -0.4 is 4.90 Å². The molecule has 0 saturated carbocycles. The molecule has 252 valence electrons. The molecular weight excluding hydrogens is 641 g/mol. The van der Waals surface area contributed by atoms with Gasteiger partial charge in [-0.25, -0.2) is 0 Å². The van der Waals surface area contributed by atoms with E-state index in [2.05, 4.69) is 217 Å². The van der Waals surface area contributed by atoms with E-state index in [0.717, 1.165) is 17.1 Å². The number of aromatic nitrogens is 1. The van der Waals surface area contributed by atoms with E-state index in [0.29, 0.717) is 0 Å². The van der Waals surface area contributed by atoms with Gasteiger partial charge in [0.25, 0.3) is 0 Å². The molecule has 0 radical (unpaired) electrons. The highest BCUT2D eigenvalue weighted by Crippen LogP contribution is 2.52. The Kier molecular flexibility index (Phi) is 7.19. The van der Waals surface area contributed by atoms with Gasteiger partial charge in [0, 0.05) is 38.9 Å². The first-order valence-electron chi connectivity index (χ1n) is 18.4. The maximum absolute atomic E-state index is 2.43. The molecule has 9 aromatic rings. The van der Waals surface area contributed by atoms with Crippen LogP contribution in [0.1, 0.15) is 25.0 Å². The molecule has 0 aliphatic heterocycles. The molecule has 0 amide bonds. The van der Waals surface area contributed by atoms with Crippen LogP contribution in [0.5, 0.6) is 0 Å². The summed E-state index contributed by atoms with van der Waals surface area (Å²) >= 11 is 0. The predicted octanol–water partition coefficient (Wildman–Crippen LogP) is 13.9. The van der Waals surface area contributed by atoms with Gasteiger partial charge in [-0.05, 0) is 105 Å². The molecule has 0 atom stereocenters. The standard InChI is InChI=1S/C51H38N2/c1-51(2)47-33-41(27-29-43(47)44-30-28-42(34-48(44)51)53-49-25-11-9-23-45(49)46-24-10-12-26-50(46)53)52(39-21-13-19-37(31-39)35-15-5-3-6-16-35)40-22-14-20-38(32-40)36-17-7-4-8-18-36/h3-34H,1-2H3. The van der Waals surface area contributed by atoms with E-state index in [1.807, 2.05) is 0 Å². The van der Waals surface area contributed by atoms with E-state index >= 15 is 0 Å². The summed E-state index contributed by atoms with van der Waals surface area (Å²) in [5.74, 6) is 0. The molecular formula is C51H38N2. The minimum atomic E-state index is -0.209. The van der Waals surface area contributed by atoms with Crippen molar-refractivity contribution in [3.63, 3.8) is 0 Å². The summed E-state index contributed by atoms with van der Waals surface area (Å²) in [5, 5.41) is 2.56. The Morgan fingerprint density at radius 1 is 0.377 bits per heavy atom. The number of fused-ring (bicyclic) bond motifs is 6. The van der Waals surface area contributed by atoms with E-state index < -0.39 is 0 Å². The van der Waals surface area contributed by atoms with Crippen molar-refractivity contribution in [3.8, 4) is 39.1 Å². The summed E-state index contributed by atoms with van der Waals surface area (Å²) in [7, 11) is 0. The number of anilines is 3. The van der Waals surface area contributed by atoms with Crippen LogP contribution in [-0.2, 0) is 5.41 Å². The van der Waals surface area contributed by atoms with E-state index in [9.17, 15) is 0 Å². The first-order chi connectivity index (χ1) is 26.0. The molecule has 10 rings (SSSR count). The van der Waals surface area contributed by atoms with E-state index in [-0.39, 0.29) is 5.41 Å². The number of benzene rings is 8. The number of hydrogen-bond donors (Lipinski definition) is 0. The van der Waals surface area contributed by atoms with Crippen LogP contribution in [0.2, 0.25) is 0 Å². The molecule has 1 aliphatic carbocycles. The van der Waals surface area contributed by atoms with Crippen molar-refractivity contribution >= 4 is 38.9 Å². The van der Waals surface area contributed by atoms with Gasteiger partial charge in [-0.15, -0.1) is 0 Å². The first-order valence-corrected chi connectivity index (χ1v) is 18.4. The summed E-state index contributed by atoms with van der Waals surface area (Å²) < 4.78 is 2.43. The van der Waals surface area contributed by atoms with Crippen LogP contribution in [0.15, 0.2) is 194 Å².